The first-order chi connectivity index (χ1) is 11.6. The summed E-state index contributed by atoms with van der Waals surface area (Å²) in [7, 11) is 0. The zero-order valence-electron chi connectivity index (χ0n) is 16.2. The quantitative estimate of drug-likeness (QED) is 0.767. The zero-order chi connectivity index (χ0) is 19.0. The van der Waals surface area contributed by atoms with E-state index in [2.05, 4.69) is 5.32 Å². The summed E-state index contributed by atoms with van der Waals surface area (Å²) >= 11 is 0. The Hall–Kier alpha value is -1.88. The first-order valence-corrected chi connectivity index (χ1v) is 8.82. The van der Waals surface area contributed by atoms with Gasteiger partial charge in [-0.2, -0.15) is 0 Å². The molecule has 5 nitrogen and oxygen atoms in total. The molecule has 1 amide bonds. The lowest BCUT2D eigenvalue weighted by atomic mass is 9.94. The largest absolute Gasteiger partial charge is 0.444 e. The third-order valence-corrected chi connectivity index (χ3v) is 3.90. The molecule has 3 atom stereocenters. The Labute approximate surface area is 151 Å². The lowest BCUT2D eigenvalue weighted by Crippen LogP contribution is -2.51. The molecule has 0 heterocycles. The van der Waals surface area contributed by atoms with Crippen LogP contribution in [0.5, 0.6) is 0 Å². The summed E-state index contributed by atoms with van der Waals surface area (Å²) in [5.41, 5.74) is 0.392. The van der Waals surface area contributed by atoms with E-state index in [1.165, 1.54) is 0 Å². The number of hydrogen-bond acceptors (Lipinski definition) is 4. The third-order valence-electron chi connectivity index (χ3n) is 3.90. The number of amides is 1. The van der Waals surface area contributed by atoms with Gasteiger partial charge in [0, 0.05) is 5.92 Å². The maximum Gasteiger partial charge on any atom is 0.408 e. The zero-order valence-corrected chi connectivity index (χ0v) is 16.2. The van der Waals surface area contributed by atoms with Crippen LogP contribution in [0.1, 0.15) is 53.5 Å². The lowest BCUT2D eigenvalue weighted by molar-refractivity contribution is -0.128. The summed E-state index contributed by atoms with van der Waals surface area (Å²) in [4.78, 5) is 24.8. The number of ketones is 1. The first kappa shape index (κ1) is 21.2. The second kappa shape index (κ2) is 9.56. The molecule has 3 unspecified atom stereocenters. The summed E-state index contributed by atoms with van der Waals surface area (Å²) in [6, 6.07) is 8.98. The molecule has 5 heteroatoms. The SMILES string of the molecule is CCC(C)C(=O)C(NC(=O)OC(C)(C)C)C(C)OCc1ccccc1. The van der Waals surface area contributed by atoms with Crippen LogP contribution in [0.15, 0.2) is 30.3 Å². The molecule has 1 N–H and O–H groups in total. The maximum absolute atomic E-state index is 12.7. The Bertz CT molecular complexity index is 551. The number of Topliss-reactive ketones (excluding diaryl/α,β-unsaturated/α-hetero) is 1. The Morgan fingerprint density at radius 1 is 1.12 bits per heavy atom. The molecule has 1 aromatic carbocycles. The fourth-order valence-corrected chi connectivity index (χ4v) is 2.26. The summed E-state index contributed by atoms with van der Waals surface area (Å²) < 4.78 is 11.1. The smallest absolute Gasteiger partial charge is 0.408 e. The van der Waals surface area contributed by atoms with E-state index < -0.39 is 23.8 Å². The van der Waals surface area contributed by atoms with E-state index in [0.717, 1.165) is 5.56 Å². The maximum atomic E-state index is 12.7. The average molecular weight is 349 g/mol. The third kappa shape index (κ3) is 7.69. The van der Waals surface area contributed by atoms with Crippen molar-refractivity contribution < 1.29 is 19.1 Å². The summed E-state index contributed by atoms with van der Waals surface area (Å²) in [5.74, 6) is -0.211. The Balaban J connectivity index is 2.78. The minimum Gasteiger partial charge on any atom is -0.444 e. The van der Waals surface area contributed by atoms with E-state index in [0.29, 0.717) is 13.0 Å². The topological polar surface area (TPSA) is 64.6 Å². The minimum absolute atomic E-state index is 0.0473. The molecule has 0 saturated heterocycles. The Morgan fingerprint density at radius 3 is 2.24 bits per heavy atom. The van der Waals surface area contributed by atoms with E-state index >= 15 is 0 Å². The van der Waals surface area contributed by atoms with Crippen LogP contribution in [0.2, 0.25) is 0 Å². The molecule has 1 aromatic rings. The van der Waals surface area contributed by atoms with Crippen molar-refractivity contribution in [3.63, 3.8) is 0 Å². The summed E-state index contributed by atoms with van der Waals surface area (Å²) in [5, 5.41) is 2.69. The summed E-state index contributed by atoms with van der Waals surface area (Å²) in [6.07, 6.45) is -0.366. The van der Waals surface area contributed by atoms with Gasteiger partial charge in [0.2, 0.25) is 0 Å². The van der Waals surface area contributed by atoms with Crippen LogP contribution >= 0.6 is 0 Å². The highest BCUT2D eigenvalue weighted by molar-refractivity contribution is 5.89. The van der Waals surface area contributed by atoms with Gasteiger partial charge in [-0.3, -0.25) is 4.79 Å². The van der Waals surface area contributed by atoms with Gasteiger partial charge in [0.25, 0.3) is 0 Å². The van der Waals surface area contributed by atoms with E-state index in [1.807, 2.05) is 44.2 Å². The van der Waals surface area contributed by atoms with Crippen molar-refractivity contribution in [3.05, 3.63) is 35.9 Å². The number of carbonyl (C=O) groups excluding carboxylic acids is 2. The number of rotatable bonds is 8. The molecule has 1 rings (SSSR count). The van der Waals surface area contributed by atoms with Gasteiger partial charge >= 0.3 is 6.09 Å². The average Bonchev–Trinajstić information content (AvgIpc) is 2.55. The van der Waals surface area contributed by atoms with Crippen molar-refractivity contribution in [1.82, 2.24) is 5.32 Å². The highest BCUT2D eigenvalue weighted by Gasteiger charge is 2.31. The molecule has 0 saturated carbocycles. The number of carbonyl (C=O) groups is 2. The number of ether oxygens (including phenoxy) is 2. The van der Waals surface area contributed by atoms with Crippen LogP contribution < -0.4 is 5.32 Å². The van der Waals surface area contributed by atoms with Gasteiger partial charge in [0.1, 0.15) is 11.6 Å². The van der Waals surface area contributed by atoms with Crippen LogP contribution in [-0.4, -0.2) is 29.6 Å². The molecule has 0 bridgehead atoms. The number of hydrogen-bond donors (Lipinski definition) is 1. The van der Waals surface area contributed by atoms with Crippen molar-refractivity contribution in [2.45, 2.75) is 72.3 Å². The highest BCUT2D eigenvalue weighted by Crippen LogP contribution is 2.14. The molecule has 0 aliphatic carbocycles. The van der Waals surface area contributed by atoms with E-state index in [4.69, 9.17) is 9.47 Å². The van der Waals surface area contributed by atoms with Crippen LogP contribution in [0, 0.1) is 5.92 Å². The van der Waals surface area contributed by atoms with E-state index in [1.54, 1.807) is 27.7 Å². The molecular weight excluding hydrogens is 318 g/mol. The van der Waals surface area contributed by atoms with Crippen molar-refractivity contribution >= 4 is 11.9 Å². The number of benzene rings is 1. The van der Waals surface area contributed by atoms with Gasteiger partial charge in [-0.1, -0.05) is 44.2 Å². The summed E-state index contributed by atoms with van der Waals surface area (Å²) in [6.45, 7) is 11.3. The molecule has 25 heavy (non-hydrogen) atoms. The van der Waals surface area contributed by atoms with Crippen molar-refractivity contribution in [3.8, 4) is 0 Å². The van der Waals surface area contributed by atoms with Crippen molar-refractivity contribution in [2.24, 2.45) is 5.92 Å². The predicted octanol–water partition coefficient (Wildman–Crippen LogP) is 4.10. The fourth-order valence-electron chi connectivity index (χ4n) is 2.26. The molecule has 0 aliphatic heterocycles. The first-order valence-electron chi connectivity index (χ1n) is 8.82. The van der Waals surface area contributed by atoms with Crippen LogP contribution in [-0.2, 0) is 20.9 Å². The monoisotopic (exact) mass is 349 g/mol. The lowest BCUT2D eigenvalue weighted by Gasteiger charge is -2.28. The predicted molar refractivity (Wildman–Crippen MR) is 98.3 cm³/mol. The van der Waals surface area contributed by atoms with Gasteiger partial charge in [0.05, 0.1) is 12.7 Å². The molecule has 140 valence electrons. The fraction of sp³-hybridized carbons (Fsp3) is 0.600. The minimum atomic E-state index is -0.742. The molecule has 0 aromatic heterocycles. The van der Waals surface area contributed by atoms with Gasteiger partial charge < -0.3 is 14.8 Å². The molecule has 0 spiro atoms. The van der Waals surface area contributed by atoms with E-state index in [-0.39, 0.29) is 11.7 Å². The van der Waals surface area contributed by atoms with Gasteiger partial charge in [-0.05, 0) is 39.7 Å². The van der Waals surface area contributed by atoms with Gasteiger partial charge in [0.15, 0.2) is 5.78 Å². The van der Waals surface area contributed by atoms with E-state index in [9.17, 15) is 9.59 Å². The number of nitrogens with one attached hydrogen (secondary N) is 1. The van der Waals surface area contributed by atoms with Crippen molar-refractivity contribution in [2.75, 3.05) is 0 Å². The second-order valence-electron chi connectivity index (χ2n) is 7.34. The normalized spacial score (nSPS) is 15.1. The highest BCUT2D eigenvalue weighted by atomic mass is 16.6. The Kier molecular flexibility index (Phi) is 8.10. The number of alkyl carbamates (subject to hydrolysis) is 1. The molecule has 0 fully saturated rings. The van der Waals surface area contributed by atoms with Crippen molar-refractivity contribution in [1.29, 1.82) is 0 Å². The Morgan fingerprint density at radius 2 is 1.72 bits per heavy atom. The molecule has 0 radical (unpaired) electrons. The van der Waals surface area contributed by atoms with Crippen LogP contribution in [0.25, 0.3) is 0 Å². The van der Waals surface area contributed by atoms with Crippen LogP contribution in [0.4, 0.5) is 4.79 Å². The molecular formula is C20H31NO4. The standard InChI is InChI=1S/C20H31NO4/c1-7-14(2)18(22)17(21-19(23)25-20(4,5)6)15(3)24-13-16-11-9-8-10-12-16/h8-12,14-15,17H,7,13H2,1-6H3,(H,21,23). The van der Waals surface area contributed by atoms with Gasteiger partial charge in [-0.15, -0.1) is 0 Å². The van der Waals surface area contributed by atoms with Crippen LogP contribution in [0.3, 0.4) is 0 Å². The second-order valence-corrected chi connectivity index (χ2v) is 7.34. The molecule has 0 aliphatic rings. The van der Waals surface area contributed by atoms with Gasteiger partial charge in [-0.25, -0.2) is 4.79 Å².